The lowest BCUT2D eigenvalue weighted by Crippen LogP contribution is -2.22. The molecule has 0 aliphatic carbocycles. The van der Waals surface area contributed by atoms with Crippen molar-refractivity contribution in [2.45, 2.75) is 13.1 Å². The summed E-state index contributed by atoms with van der Waals surface area (Å²) in [6.07, 6.45) is -4.65. The Hall–Kier alpha value is -3.76. The summed E-state index contributed by atoms with van der Waals surface area (Å²) in [6, 6.07) is 4.46. The topological polar surface area (TPSA) is 155 Å². The molecule has 0 aromatic heterocycles. The number of nitrogens with zero attached hydrogens (tertiary/aromatic N) is 4. The number of halogens is 4. The van der Waals surface area contributed by atoms with E-state index >= 15 is 0 Å². The summed E-state index contributed by atoms with van der Waals surface area (Å²) in [5, 5.41) is 40.4. The van der Waals surface area contributed by atoms with Crippen LogP contribution in [-0.2, 0) is 6.18 Å². The van der Waals surface area contributed by atoms with Crippen molar-refractivity contribution < 1.29 is 28.2 Å². The Balaban J connectivity index is 2.83. The molecule has 0 atom stereocenters. The fourth-order valence-corrected chi connectivity index (χ4v) is 2.74. The maximum Gasteiger partial charge on any atom is 0.416 e. The Morgan fingerprint density at radius 3 is 2.33 bits per heavy atom. The van der Waals surface area contributed by atoms with Crippen LogP contribution in [0.2, 0.25) is 5.02 Å². The van der Waals surface area contributed by atoms with Gasteiger partial charge in [0, 0.05) is 11.6 Å². The molecule has 2 N–H and O–H groups in total. The highest BCUT2D eigenvalue weighted by Crippen LogP contribution is 2.44. The second kappa shape index (κ2) is 8.31. The molecule has 10 nitrogen and oxygen atoms in total. The van der Waals surface area contributed by atoms with Gasteiger partial charge in [0.1, 0.15) is 11.1 Å². The van der Waals surface area contributed by atoms with Gasteiger partial charge in [0.2, 0.25) is 5.69 Å². The van der Waals surface area contributed by atoms with Gasteiger partial charge < -0.3 is 0 Å². The van der Waals surface area contributed by atoms with Crippen molar-refractivity contribution in [3.8, 4) is 6.07 Å². The molecule has 0 bridgehead atoms. The normalized spacial score (nSPS) is 11.7. The van der Waals surface area contributed by atoms with Crippen molar-refractivity contribution in [1.29, 1.82) is 5.26 Å². The minimum atomic E-state index is -4.65. The largest absolute Gasteiger partial charge is 0.416 e. The zero-order chi connectivity index (χ0) is 22.8. The Bertz CT molecular complexity index is 1130. The van der Waals surface area contributed by atoms with E-state index in [0.29, 0.717) is 12.1 Å². The summed E-state index contributed by atoms with van der Waals surface area (Å²) in [5.41, 5.74) is -3.14. The predicted molar refractivity (Wildman–Crippen MR) is 96.8 cm³/mol. The average molecular weight is 444 g/mol. The first-order valence-corrected chi connectivity index (χ1v) is 8.02. The fraction of sp³-hybridized carbons (Fsp3) is 0.125. The van der Waals surface area contributed by atoms with Gasteiger partial charge in [-0.15, -0.1) is 0 Å². The number of hydrogen-bond donors (Lipinski definition) is 2. The van der Waals surface area contributed by atoms with Gasteiger partial charge in [0.25, 0.3) is 0 Å². The van der Waals surface area contributed by atoms with Crippen LogP contribution in [0.1, 0.15) is 22.3 Å². The third kappa shape index (κ3) is 4.29. The van der Waals surface area contributed by atoms with Crippen LogP contribution in [0.3, 0.4) is 0 Å². The van der Waals surface area contributed by atoms with Crippen LogP contribution < -0.4 is 5.48 Å². The lowest BCUT2D eigenvalue weighted by Gasteiger charge is -2.12. The van der Waals surface area contributed by atoms with Crippen LogP contribution >= 0.6 is 11.6 Å². The molecule has 0 fully saturated rings. The molecule has 2 aromatic carbocycles. The van der Waals surface area contributed by atoms with Crippen molar-refractivity contribution in [3.05, 3.63) is 71.8 Å². The molecule has 0 spiro atoms. The first-order valence-electron chi connectivity index (χ1n) is 7.64. The van der Waals surface area contributed by atoms with Crippen LogP contribution in [0.5, 0.6) is 0 Å². The van der Waals surface area contributed by atoms with Crippen molar-refractivity contribution in [1.82, 2.24) is 5.48 Å². The van der Waals surface area contributed by atoms with E-state index in [0.717, 1.165) is 12.1 Å². The van der Waals surface area contributed by atoms with E-state index in [1.54, 1.807) is 5.48 Å². The van der Waals surface area contributed by atoms with E-state index in [-0.39, 0.29) is 11.1 Å². The number of nitriles is 1. The smallest absolute Gasteiger partial charge is 0.290 e. The Labute approximate surface area is 170 Å². The lowest BCUT2D eigenvalue weighted by atomic mass is 10.0. The van der Waals surface area contributed by atoms with Crippen molar-refractivity contribution in [3.63, 3.8) is 0 Å². The summed E-state index contributed by atoms with van der Waals surface area (Å²) < 4.78 is 38.5. The molecule has 0 amide bonds. The van der Waals surface area contributed by atoms with Crippen molar-refractivity contribution in [2.24, 2.45) is 4.99 Å². The highest BCUT2D eigenvalue weighted by molar-refractivity contribution is 6.34. The second-order valence-corrected chi connectivity index (χ2v) is 6.06. The first-order chi connectivity index (χ1) is 13.9. The summed E-state index contributed by atoms with van der Waals surface area (Å²) in [7, 11) is 0. The van der Waals surface area contributed by atoms with E-state index in [2.05, 4.69) is 4.99 Å². The van der Waals surface area contributed by atoms with Gasteiger partial charge in [0.15, 0.2) is 5.84 Å². The minimum absolute atomic E-state index is 0.0461. The van der Waals surface area contributed by atoms with Crippen LogP contribution in [0.25, 0.3) is 0 Å². The van der Waals surface area contributed by atoms with Gasteiger partial charge in [-0.05, 0) is 24.6 Å². The number of benzene rings is 2. The van der Waals surface area contributed by atoms with Gasteiger partial charge in [0.05, 0.1) is 21.0 Å². The number of hydrogen-bond acceptors (Lipinski definition) is 7. The molecular weight excluding hydrogens is 435 g/mol. The monoisotopic (exact) mass is 443 g/mol. The molecule has 0 saturated carbocycles. The zero-order valence-corrected chi connectivity index (χ0v) is 15.4. The standard InChI is InChI=1S/C16H9ClF3N5O5/c1-7-4-9(16(18,19)20)2-3-10(7)15(23-26)22-13-11(24(27)28)5-8(6-21)12(17)14(13)25(29)30/h2-5,26H,1H3,(H,22,23). The molecule has 0 aliphatic rings. The fourth-order valence-electron chi connectivity index (χ4n) is 2.48. The highest BCUT2D eigenvalue weighted by Gasteiger charge is 2.33. The molecule has 0 unspecified atom stereocenters. The quantitative estimate of drug-likeness (QED) is 0.307. The molecule has 0 heterocycles. The number of nitro benzene ring substituents is 2. The van der Waals surface area contributed by atoms with E-state index in [1.165, 1.54) is 13.0 Å². The van der Waals surface area contributed by atoms with Crippen LogP contribution in [0.15, 0.2) is 29.3 Å². The van der Waals surface area contributed by atoms with Crippen molar-refractivity contribution >= 4 is 34.5 Å². The van der Waals surface area contributed by atoms with Gasteiger partial charge >= 0.3 is 17.6 Å². The number of hydroxylamine groups is 1. The third-order valence-corrected chi connectivity index (χ3v) is 4.21. The van der Waals surface area contributed by atoms with Crippen LogP contribution in [-0.4, -0.2) is 20.9 Å². The molecule has 30 heavy (non-hydrogen) atoms. The van der Waals surface area contributed by atoms with Crippen LogP contribution in [0.4, 0.5) is 30.2 Å². The predicted octanol–water partition coefficient (Wildman–Crippen LogP) is 4.41. The molecule has 156 valence electrons. The lowest BCUT2D eigenvalue weighted by molar-refractivity contribution is -0.392. The zero-order valence-electron chi connectivity index (χ0n) is 14.7. The summed E-state index contributed by atoms with van der Waals surface area (Å²) in [5.74, 6) is -0.617. The summed E-state index contributed by atoms with van der Waals surface area (Å²) in [6.45, 7) is 1.24. The first kappa shape index (κ1) is 22.5. The number of nitrogens with one attached hydrogen (secondary N) is 1. The number of amidine groups is 1. The molecule has 14 heteroatoms. The SMILES string of the molecule is Cc1cc(C(F)(F)F)ccc1C(=Nc1c([N+](=O)[O-])cc(C#N)c(Cl)c1[N+](=O)[O-])NO. The number of aryl methyl sites for hydroxylation is 1. The molecule has 0 saturated heterocycles. The van der Waals surface area contributed by atoms with Gasteiger partial charge in [-0.3, -0.25) is 30.9 Å². The van der Waals surface area contributed by atoms with Gasteiger partial charge in [-0.1, -0.05) is 17.7 Å². The average Bonchev–Trinajstić information content (AvgIpc) is 2.65. The van der Waals surface area contributed by atoms with Crippen molar-refractivity contribution in [2.75, 3.05) is 0 Å². The van der Waals surface area contributed by atoms with E-state index < -0.39 is 55.1 Å². The molecule has 0 aliphatic heterocycles. The number of alkyl halides is 3. The molecule has 0 radical (unpaired) electrons. The third-order valence-electron chi connectivity index (χ3n) is 3.83. The van der Waals surface area contributed by atoms with Gasteiger partial charge in [-0.25, -0.2) is 4.99 Å². The van der Waals surface area contributed by atoms with E-state index in [9.17, 15) is 38.6 Å². The highest BCUT2D eigenvalue weighted by atomic mass is 35.5. The maximum absolute atomic E-state index is 12.8. The second-order valence-electron chi connectivity index (χ2n) is 5.68. The van der Waals surface area contributed by atoms with Crippen LogP contribution in [0, 0.1) is 38.5 Å². The number of aliphatic imine (C=N–C) groups is 1. The Kier molecular flexibility index (Phi) is 6.24. The summed E-state index contributed by atoms with van der Waals surface area (Å²) >= 11 is 5.80. The molecular formula is C16H9ClF3N5O5. The molecule has 2 rings (SSSR count). The van der Waals surface area contributed by atoms with E-state index in [1.807, 2.05) is 0 Å². The molecule has 2 aromatic rings. The number of nitro groups is 2. The van der Waals surface area contributed by atoms with Gasteiger partial charge in [-0.2, -0.15) is 18.4 Å². The minimum Gasteiger partial charge on any atom is -0.290 e. The van der Waals surface area contributed by atoms with E-state index in [4.69, 9.17) is 16.9 Å². The summed E-state index contributed by atoms with van der Waals surface area (Å²) in [4.78, 5) is 24.3. The number of rotatable bonds is 4. The maximum atomic E-state index is 12.8. The Morgan fingerprint density at radius 2 is 1.90 bits per heavy atom. The Morgan fingerprint density at radius 1 is 1.27 bits per heavy atom.